The topological polar surface area (TPSA) is 122 Å². The van der Waals surface area contributed by atoms with E-state index in [1.54, 1.807) is 12.1 Å². The maximum absolute atomic E-state index is 13.3. The van der Waals surface area contributed by atoms with E-state index in [0.717, 1.165) is 16.0 Å². The SMILES string of the molecule is COC(=O)CC[C@@H](C(=O)NC(=O)NC(c1ccccc1)c1ccccc1)N1C(=O)c2ccccc2C1=O. The van der Waals surface area contributed by atoms with E-state index >= 15 is 0 Å². The molecule has 0 fully saturated rings. The average Bonchev–Trinajstić information content (AvgIpc) is 3.18. The van der Waals surface area contributed by atoms with Crippen LogP contribution in [0.3, 0.4) is 0 Å². The van der Waals surface area contributed by atoms with Crippen molar-refractivity contribution >= 4 is 29.7 Å². The van der Waals surface area contributed by atoms with Crippen LogP contribution in [0.25, 0.3) is 0 Å². The van der Waals surface area contributed by atoms with Crippen molar-refractivity contribution in [3.8, 4) is 0 Å². The van der Waals surface area contributed by atoms with Crippen LogP contribution in [0, 0.1) is 0 Å². The number of ether oxygens (including phenoxy) is 1. The number of nitrogens with zero attached hydrogens (tertiary/aromatic N) is 1. The molecule has 3 aromatic carbocycles. The summed E-state index contributed by atoms with van der Waals surface area (Å²) in [6.07, 6.45) is -0.446. The Labute approximate surface area is 213 Å². The zero-order valence-electron chi connectivity index (χ0n) is 20.0. The molecule has 9 heteroatoms. The summed E-state index contributed by atoms with van der Waals surface area (Å²) in [5.74, 6) is -2.85. The van der Waals surface area contributed by atoms with E-state index in [1.165, 1.54) is 19.2 Å². The van der Waals surface area contributed by atoms with Crippen LogP contribution in [0.15, 0.2) is 84.9 Å². The van der Waals surface area contributed by atoms with Crippen LogP contribution in [0.5, 0.6) is 0 Å². The Morgan fingerprint density at radius 2 is 1.27 bits per heavy atom. The number of carbonyl (C=O) groups excluding carboxylic acids is 5. The number of hydrogen-bond acceptors (Lipinski definition) is 6. The minimum Gasteiger partial charge on any atom is -0.469 e. The van der Waals surface area contributed by atoms with Crippen LogP contribution >= 0.6 is 0 Å². The normalized spacial score (nSPS) is 13.2. The monoisotopic (exact) mass is 499 g/mol. The molecule has 0 aromatic heterocycles. The third-order valence-corrected chi connectivity index (χ3v) is 6.07. The summed E-state index contributed by atoms with van der Waals surface area (Å²) < 4.78 is 4.65. The molecule has 1 heterocycles. The van der Waals surface area contributed by atoms with Gasteiger partial charge in [-0.25, -0.2) is 4.79 Å². The first kappa shape index (κ1) is 25.3. The van der Waals surface area contributed by atoms with Crippen molar-refractivity contribution in [3.05, 3.63) is 107 Å². The number of esters is 1. The first-order chi connectivity index (χ1) is 17.9. The zero-order valence-corrected chi connectivity index (χ0v) is 20.0. The number of rotatable bonds is 8. The number of urea groups is 1. The van der Waals surface area contributed by atoms with Crippen LogP contribution < -0.4 is 10.6 Å². The summed E-state index contributed by atoms with van der Waals surface area (Å²) in [7, 11) is 1.19. The summed E-state index contributed by atoms with van der Waals surface area (Å²) >= 11 is 0. The van der Waals surface area contributed by atoms with Gasteiger partial charge in [0, 0.05) is 6.42 Å². The molecule has 1 atom stereocenters. The minimum absolute atomic E-state index is 0.154. The maximum Gasteiger partial charge on any atom is 0.322 e. The highest BCUT2D eigenvalue weighted by atomic mass is 16.5. The fraction of sp³-hybridized carbons (Fsp3) is 0.179. The van der Waals surface area contributed by atoms with E-state index in [-0.39, 0.29) is 24.0 Å². The van der Waals surface area contributed by atoms with Crippen molar-refractivity contribution < 1.29 is 28.7 Å². The van der Waals surface area contributed by atoms with E-state index in [1.807, 2.05) is 60.7 Å². The van der Waals surface area contributed by atoms with Gasteiger partial charge in [-0.1, -0.05) is 72.8 Å². The van der Waals surface area contributed by atoms with E-state index in [4.69, 9.17) is 0 Å². The molecule has 188 valence electrons. The molecule has 0 spiro atoms. The quantitative estimate of drug-likeness (QED) is 0.363. The number of benzene rings is 3. The Kier molecular flexibility index (Phi) is 7.73. The second-order valence-corrected chi connectivity index (χ2v) is 8.37. The summed E-state index contributed by atoms with van der Waals surface area (Å²) in [6.45, 7) is 0. The number of methoxy groups -OCH3 is 1. The van der Waals surface area contributed by atoms with Gasteiger partial charge >= 0.3 is 12.0 Å². The van der Waals surface area contributed by atoms with Gasteiger partial charge in [0.15, 0.2) is 0 Å². The Morgan fingerprint density at radius 1 is 0.784 bits per heavy atom. The molecule has 0 saturated heterocycles. The maximum atomic E-state index is 13.3. The molecule has 0 bridgehead atoms. The highest BCUT2D eigenvalue weighted by Gasteiger charge is 2.43. The van der Waals surface area contributed by atoms with Gasteiger partial charge in [-0.15, -0.1) is 0 Å². The standard InChI is InChI=1S/C28H25N3O6/c1-37-23(32)17-16-22(31-26(34)20-14-8-9-15-21(20)27(31)35)25(33)30-28(36)29-24(18-10-4-2-5-11-18)19-12-6-3-7-13-19/h2-15,22,24H,16-17H2,1H3,(H2,29,30,33,36)/t22-/m0/s1. The van der Waals surface area contributed by atoms with Crippen LogP contribution in [-0.2, 0) is 14.3 Å². The largest absolute Gasteiger partial charge is 0.469 e. The lowest BCUT2D eigenvalue weighted by Gasteiger charge is -2.26. The van der Waals surface area contributed by atoms with Gasteiger partial charge in [-0.3, -0.25) is 29.4 Å². The second kappa shape index (κ2) is 11.3. The van der Waals surface area contributed by atoms with Gasteiger partial charge in [0.25, 0.3) is 17.7 Å². The minimum atomic E-state index is -1.40. The van der Waals surface area contributed by atoms with E-state index < -0.39 is 41.8 Å². The zero-order chi connectivity index (χ0) is 26.4. The molecule has 4 rings (SSSR count). The number of amides is 5. The number of fused-ring (bicyclic) bond motifs is 1. The molecular formula is C28H25N3O6. The lowest BCUT2D eigenvalue weighted by molar-refractivity contribution is -0.141. The van der Waals surface area contributed by atoms with Crippen LogP contribution in [0.4, 0.5) is 4.79 Å². The highest BCUT2D eigenvalue weighted by Crippen LogP contribution is 2.26. The molecule has 1 aliphatic rings. The average molecular weight is 500 g/mol. The molecule has 2 N–H and O–H groups in total. The summed E-state index contributed by atoms with van der Waals surface area (Å²) in [5, 5.41) is 5.04. The molecule has 0 radical (unpaired) electrons. The fourth-order valence-corrected chi connectivity index (χ4v) is 4.24. The highest BCUT2D eigenvalue weighted by molar-refractivity contribution is 6.23. The lowest BCUT2D eigenvalue weighted by atomic mass is 9.99. The van der Waals surface area contributed by atoms with Crippen molar-refractivity contribution in [3.63, 3.8) is 0 Å². The predicted octanol–water partition coefficient (Wildman–Crippen LogP) is 3.22. The molecule has 3 aromatic rings. The van der Waals surface area contributed by atoms with Gasteiger partial charge in [-0.2, -0.15) is 0 Å². The van der Waals surface area contributed by atoms with Gasteiger partial charge in [0.2, 0.25) is 0 Å². The van der Waals surface area contributed by atoms with Crippen LogP contribution in [-0.4, -0.2) is 47.8 Å². The van der Waals surface area contributed by atoms with Crippen LogP contribution in [0.2, 0.25) is 0 Å². The first-order valence-electron chi connectivity index (χ1n) is 11.7. The molecule has 37 heavy (non-hydrogen) atoms. The van der Waals surface area contributed by atoms with Crippen molar-refractivity contribution in [1.29, 1.82) is 0 Å². The summed E-state index contributed by atoms with van der Waals surface area (Å²) in [4.78, 5) is 64.9. The van der Waals surface area contributed by atoms with Gasteiger partial charge in [-0.05, 0) is 29.7 Å². The molecule has 0 saturated carbocycles. The summed E-state index contributed by atoms with van der Waals surface area (Å²) in [6, 6.07) is 21.8. The smallest absolute Gasteiger partial charge is 0.322 e. The van der Waals surface area contributed by atoms with E-state index in [9.17, 15) is 24.0 Å². The van der Waals surface area contributed by atoms with Gasteiger partial charge in [0.05, 0.1) is 24.3 Å². The molecule has 0 aliphatic carbocycles. The van der Waals surface area contributed by atoms with Crippen molar-refractivity contribution in [2.75, 3.05) is 7.11 Å². The predicted molar refractivity (Wildman–Crippen MR) is 133 cm³/mol. The van der Waals surface area contributed by atoms with Gasteiger partial charge in [0.1, 0.15) is 6.04 Å². The van der Waals surface area contributed by atoms with Crippen molar-refractivity contribution in [1.82, 2.24) is 15.5 Å². The molecule has 1 aliphatic heterocycles. The van der Waals surface area contributed by atoms with E-state index in [2.05, 4.69) is 15.4 Å². The molecule has 0 unspecified atom stereocenters. The van der Waals surface area contributed by atoms with Crippen LogP contribution in [0.1, 0.15) is 50.7 Å². The Balaban J connectivity index is 1.55. The molecule has 9 nitrogen and oxygen atoms in total. The fourth-order valence-electron chi connectivity index (χ4n) is 4.24. The Hall–Kier alpha value is -4.79. The Bertz CT molecular complexity index is 1250. The van der Waals surface area contributed by atoms with Gasteiger partial charge < -0.3 is 10.1 Å². The second-order valence-electron chi connectivity index (χ2n) is 8.37. The number of hydrogen-bond donors (Lipinski definition) is 2. The number of imide groups is 2. The summed E-state index contributed by atoms with van der Waals surface area (Å²) in [5.41, 5.74) is 1.89. The third kappa shape index (κ3) is 5.56. The number of carbonyl (C=O) groups is 5. The molecule has 5 amide bonds. The third-order valence-electron chi connectivity index (χ3n) is 6.07. The van der Waals surface area contributed by atoms with Crippen molar-refractivity contribution in [2.24, 2.45) is 0 Å². The first-order valence-corrected chi connectivity index (χ1v) is 11.7. The molecular weight excluding hydrogens is 474 g/mol. The van der Waals surface area contributed by atoms with E-state index in [0.29, 0.717) is 0 Å². The Morgan fingerprint density at radius 3 is 1.76 bits per heavy atom. The number of nitrogens with one attached hydrogen (secondary N) is 2. The lowest BCUT2D eigenvalue weighted by Crippen LogP contribution is -2.53. The van der Waals surface area contributed by atoms with Crippen molar-refractivity contribution in [2.45, 2.75) is 24.9 Å².